The monoisotopic (exact) mass is 274 g/mol. The molecule has 1 aromatic rings. The first-order valence-corrected chi connectivity index (χ1v) is 6.45. The van der Waals surface area contributed by atoms with E-state index in [1.807, 2.05) is 19.1 Å². The smallest absolute Gasteiger partial charge is 0.326 e. The lowest BCUT2D eigenvalue weighted by Gasteiger charge is -2.14. The molecule has 5 heteroatoms. The van der Waals surface area contributed by atoms with E-state index in [2.05, 4.69) is 24.5 Å². The molecule has 0 unspecified atom stereocenters. The average Bonchev–Trinajstić information content (AvgIpc) is 2.69. The molecule has 1 aliphatic rings. The summed E-state index contributed by atoms with van der Waals surface area (Å²) in [5.41, 5.74) is 3.20. The van der Waals surface area contributed by atoms with Gasteiger partial charge in [-0.1, -0.05) is 13.8 Å². The molecule has 0 aliphatic carbocycles. The van der Waals surface area contributed by atoms with Gasteiger partial charge < -0.3 is 10.1 Å². The Balaban J connectivity index is 2.47. The van der Waals surface area contributed by atoms with Crippen molar-refractivity contribution in [3.63, 3.8) is 0 Å². The maximum absolute atomic E-state index is 11.6. The summed E-state index contributed by atoms with van der Waals surface area (Å²) in [5.74, 6) is 0.727. The highest BCUT2D eigenvalue weighted by molar-refractivity contribution is 6.14. The summed E-state index contributed by atoms with van der Waals surface area (Å²) < 4.78 is 5.38. The third kappa shape index (κ3) is 2.66. The van der Waals surface area contributed by atoms with Crippen LogP contribution in [0.25, 0.3) is 6.08 Å². The van der Waals surface area contributed by atoms with Gasteiger partial charge in [0.2, 0.25) is 0 Å². The largest absolute Gasteiger partial charge is 0.496 e. The van der Waals surface area contributed by atoms with Crippen molar-refractivity contribution in [3.05, 3.63) is 34.5 Å². The number of imide groups is 1. The zero-order chi connectivity index (χ0) is 14.9. The predicted molar refractivity (Wildman–Crippen MR) is 76.5 cm³/mol. The molecule has 3 amide bonds. The third-order valence-electron chi connectivity index (χ3n) is 3.26. The van der Waals surface area contributed by atoms with Gasteiger partial charge in [-0.3, -0.25) is 10.1 Å². The van der Waals surface area contributed by atoms with E-state index >= 15 is 0 Å². The number of benzene rings is 1. The van der Waals surface area contributed by atoms with Crippen molar-refractivity contribution >= 4 is 18.0 Å². The van der Waals surface area contributed by atoms with Crippen LogP contribution >= 0.6 is 0 Å². The molecule has 1 aromatic carbocycles. The number of hydrogen-bond donors (Lipinski definition) is 2. The van der Waals surface area contributed by atoms with Gasteiger partial charge in [0, 0.05) is 0 Å². The van der Waals surface area contributed by atoms with Crippen LogP contribution in [0, 0.1) is 6.92 Å². The maximum atomic E-state index is 11.6. The molecule has 20 heavy (non-hydrogen) atoms. The van der Waals surface area contributed by atoms with Crippen LogP contribution in [0.5, 0.6) is 5.75 Å². The highest BCUT2D eigenvalue weighted by Crippen LogP contribution is 2.30. The lowest BCUT2D eigenvalue weighted by atomic mass is 9.96. The molecule has 5 nitrogen and oxygen atoms in total. The molecule has 2 rings (SSSR count). The lowest BCUT2D eigenvalue weighted by molar-refractivity contribution is -0.115. The molecule has 1 heterocycles. The highest BCUT2D eigenvalue weighted by Gasteiger charge is 2.23. The molecule has 0 aromatic heterocycles. The Morgan fingerprint density at radius 2 is 1.90 bits per heavy atom. The molecule has 106 valence electrons. The molecule has 1 aliphatic heterocycles. The van der Waals surface area contributed by atoms with Crippen LogP contribution in [-0.2, 0) is 4.79 Å². The molecule has 1 fully saturated rings. The molecule has 2 N–H and O–H groups in total. The summed E-state index contributed by atoms with van der Waals surface area (Å²) in [6, 6.07) is 3.44. The van der Waals surface area contributed by atoms with Crippen LogP contribution in [0.15, 0.2) is 17.8 Å². The number of hydrogen-bond acceptors (Lipinski definition) is 3. The van der Waals surface area contributed by atoms with Crippen molar-refractivity contribution in [1.82, 2.24) is 10.6 Å². The van der Waals surface area contributed by atoms with Crippen LogP contribution in [-0.4, -0.2) is 19.0 Å². The van der Waals surface area contributed by atoms with Crippen LogP contribution in [0.1, 0.15) is 36.5 Å². The topological polar surface area (TPSA) is 67.4 Å². The summed E-state index contributed by atoms with van der Waals surface area (Å²) in [6.07, 6.45) is 1.68. The second-order valence-corrected chi connectivity index (χ2v) is 5.07. The van der Waals surface area contributed by atoms with E-state index in [0.29, 0.717) is 5.92 Å². The van der Waals surface area contributed by atoms with E-state index < -0.39 is 11.9 Å². The first kappa shape index (κ1) is 14.1. The van der Waals surface area contributed by atoms with Crippen molar-refractivity contribution in [2.45, 2.75) is 26.7 Å². The number of aryl methyl sites for hydroxylation is 1. The Hall–Kier alpha value is -2.30. The molecular weight excluding hydrogens is 256 g/mol. The van der Waals surface area contributed by atoms with Gasteiger partial charge in [-0.25, -0.2) is 4.79 Å². The summed E-state index contributed by atoms with van der Waals surface area (Å²) in [4.78, 5) is 22.7. The van der Waals surface area contributed by atoms with Crippen molar-refractivity contribution in [2.24, 2.45) is 0 Å². The normalized spacial score (nSPS) is 16.6. The number of rotatable bonds is 3. The molecule has 0 saturated carbocycles. The highest BCUT2D eigenvalue weighted by atomic mass is 16.5. The number of carbonyl (C=O) groups excluding carboxylic acids is 2. The SMILES string of the molecule is COc1cc(C)c(C=C2NC(=O)NC2=O)cc1C(C)C. The number of nitrogens with one attached hydrogen (secondary N) is 2. The Morgan fingerprint density at radius 3 is 2.40 bits per heavy atom. The van der Waals surface area contributed by atoms with Crippen molar-refractivity contribution < 1.29 is 14.3 Å². The number of urea groups is 1. The van der Waals surface area contributed by atoms with Crippen LogP contribution < -0.4 is 15.4 Å². The second kappa shape index (κ2) is 5.36. The van der Waals surface area contributed by atoms with Gasteiger partial charge in [-0.15, -0.1) is 0 Å². The van der Waals surface area contributed by atoms with Crippen LogP contribution in [0.4, 0.5) is 4.79 Å². The van der Waals surface area contributed by atoms with E-state index in [1.165, 1.54) is 0 Å². The summed E-state index contributed by atoms with van der Waals surface area (Å²) in [7, 11) is 1.64. The Morgan fingerprint density at radius 1 is 1.20 bits per heavy atom. The van der Waals surface area contributed by atoms with Gasteiger partial charge in [0.1, 0.15) is 11.4 Å². The zero-order valence-electron chi connectivity index (χ0n) is 12.0. The van der Waals surface area contributed by atoms with Gasteiger partial charge in [-0.2, -0.15) is 0 Å². The first-order valence-electron chi connectivity index (χ1n) is 6.45. The van der Waals surface area contributed by atoms with E-state index in [0.717, 1.165) is 22.4 Å². The number of ether oxygens (including phenoxy) is 1. The van der Waals surface area contributed by atoms with Gasteiger partial charge in [0.05, 0.1) is 7.11 Å². The minimum Gasteiger partial charge on any atom is -0.496 e. The fourth-order valence-corrected chi connectivity index (χ4v) is 2.14. The average molecular weight is 274 g/mol. The van der Waals surface area contributed by atoms with Gasteiger partial charge >= 0.3 is 6.03 Å². The fraction of sp³-hybridized carbons (Fsp3) is 0.333. The molecule has 0 atom stereocenters. The lowest BCUT2D eigenvalue weighted by Crippen LogP contribution is -2.22. The summed E-state index contributed by atoms with van der Waals surface area (Å²) in [6.45, 7) is 6.09. The molecule has 0 spiro atoms. The second-order valence-electron chi connectivity index (χ2n) is 5.07. The Labute approximate surface area is 118 Å². The van der Waals surface area contributed by atoms with Crippen molar-refractivity contribution in [3.8, 4) is 5.75 Å². The van der Waals surface area contributed by atoms with E-state index in [-0.39, 0.29) is 5.70 Å². The fourth-order valence-electron chi connectivity index (χ4n) is 2.14. The number of methoxy groups -OCH3 is 1. The third-order valence-corrected chi connectivity index (χ3v) is 3.26. The number of amides is 3. The van der Waals surface area contributed by atoms with Gasteiger partial charge in [-0.05, 0) is 47.7 Å². The zero-order valence-corrected chi connectivity index (χ0v) is 12.0. The summed E-state index contributed by atoms with van der Waals surface area (Å²) in [5, 5.41) is 4.67. The van der Waals surface area contributed by atoms with E-state index in [1.54, 1.807) is 13.2 Å². The van der Waals surface area contributed by atoms with Crippen molar-refractivity contribution in [1.29, 1.82) is 0 Å². The minimum atomic E-state index is -0.489. The standard InChI is InChI=1S/C15H18N2O3/c1-8(2)11-6-10(9(3)5-13(11)20-4)7-12-14(18)17-15(19)16-12/h5-8H,1-4H3,(H2,16,17,18,19). The van der Waals surface area contributed by atoms with E-state index in [9.17, 15) is 9.59 Å². The Kier molecular flexibility index (Phi) is 3.79. The first-order chi connectivity index (χ1) is 9.42. The molecular formula is C15H18N2O3. The van der Waals surface area contributed by atoms with Crippen LogP contribution in [0.3, 0.4) is 0 Å². The van der Waals surface area contributed by atoms with Gasteiger partial charge in [0.15, 0.2) is 0 Å². The van der Waals surface area contributed by atoms with Crippen LogP contribution in [0.2, 0.25) is 0 Å². The molecule has 0 bridgehead atoms. The number of carbonyl (C=O) groups is 2. The molecule has 1 saturated heterocycles. The summed E-state index contributed by atoms with van der Waals surface area (Å²) >= 11 is 0. The van der Waals surface area contributed by atoms with Crippen molar-refractivity contribution in [2.75, 3.05) is 7.11 Å². The Bertz CT molecular complexity index is 603. The maximum Gasteiger partial charge on any atom is 0.326 e. The minimum absolute atomic E-state index is 0.262. The van der Waals surface area contributed by atoms with Gasteiger partial charge in [0.25, 0.3) is 5.91 Å². The molecule has 0 radical (unpaired) electrons. The quantitative estimate of drug-likeness (QED) is 0.656. The predicted octanol–water partition coefficient (Wildman–Crippen LogP) is 2.31. The van der Waals surface area contributed by atoms with E-state index in [4.69, 9.17) is 4.74 Å².